The molecule has 124 valence electrons. The van der Waals surface area contributed by atoms with Crippen molar-refractivity contribution in [3.63, 3.8) is 0 Å². The number of nitrogens with one attached hydrogen (secondary N) is 1. The monoisotopic (exact) mass is 346 g/mol. The quantitative estimate of drug-likeness (QED) is 0.682. The Morgan fingerprint density at radius 2 is 2.12 bits per heavy atom. The molecule has 0 aliphatic carbocycles. The van der Waals surface area contributed by atoms with Crippen molar-refractivity contribution >= 4 is 23.7 Å². The maximum atomic E-state index is 12.1. The smallest absolute Gasteiger partial charge is 0.284 e. The van der Waals surface area contributed by atoms with Gasteiger partial charge in [-0.15, -0.1) is 0 Å². The number of para-hydroxylation sites is 2. The van der Waals surface area contributed by atoms with Crippen LogP contribution in [0.15, 0.2) is 47.6 Å². The molecule has 0 fully saturated rings. The Labute approximate surface area is 144 Å². The molecule has 0 aromatic heterocycles. The fourth-order valence-electron chi connectivity index (χ4n) is 2.15. The standard InChI is InChI=1S/C17H15ClN2O4/c1-22-13-7-6-11(8-12(13)18)9-19-20-17(21)16-10-23-14-4-2-3-5-15(14)24-16/h2-9,16H,10H2,1H3,(H,20,21)/b19-9-/t16-/m1/s1. The van der Waals surface area contributed by atoms with Gasteiger partial charge in [0.25, 0.3) is 5.91 Å². The van der Waals surface area contributed by atoms with Crippen LogP contribution in [0.2, 0.25) is 5.02 Å². The number of rotatable bonds is 4. The Balaban J connectivity index is 1.59. The van der Waals surface area contributed by atoms with E-state index >= 15 is 0 Å². The summed E-state index contributed by atoms with van der Waals surface area (Å²) >= 11 is 6.03. The molecule has 0 radical (unpaired) electrons. The van der Waals surface area contributed by atoms with E-state index in [9.17, 15) is 4.79 Å². The van der Waals surface area contributed by atoms with E-state index in [1.54, 1.807) is 37.4 Å². The Morgan fingerprint density at radius 3 is 2.88 bits per heavy atom. The zero-order valence-corrected chi connectivity index (χ0v) is 13.6. The molecule has 1 aliphatic rings. The maximum Gasteiger partial charge on any atom is 0.284 e. The number of benzene rings is 2. The van der Waals surface area contributed by atoms with Crippen LogP contribution in [-0.2, 0) is 4.79 Å². The van der Waals surface area contributed by atoms with E-state index < -0.39 is 6.10 Å². The van der Waals surface area contributed by atoms with Crippen LogP contribution in [0.4, 0.5) is 0 Å². The molecule has 1 amide bonds. The number of halogens is 1. The van der Waals surface area contributed by atoms with Crippen molar-refractivity contribution < 1.29 is 19.0 Å². The highest BCUT2D eigenvalue weighted by Crippen LogP contribution is 2.30. The number of hydrogen-bond donors (Lipinski definition) is 1. The highest BCUT2D eigenvalue weighted by Gasteiger charge is 2.26. The number of ether oxygens (including phenoxy) is 3. The first-order valence-corrected chi connectivity index (χ1v) is 7.60. The molecule has 6 nitrogen and oxygen atoms in total. The van der Waals surface area contributed by atoms with Crippen LogP contribution in [-0.4, -0.2) is 31.9 Å². The fourth-order valence-corrected chi connectivity index (χ4v) is 2.42. The molecular weight excluding hydrogens is 332 g/mol. The molecule has 3 rings (SSSR count). The van der Waals surface area contributed by atoms with E-state index in [-0.39, 0.29) is 12.5 Å². The average molecular weight is 347 g/mol. The summed E-state index contributed by atoms with van der Waals surface area (Å²) in [6.45, 7) is 0.132. The van der Waals surface area contributed by atoms with Gasteiger partial charge in [-0.1, -0.05) is 23.7 Å². The summed E-state index contributed by atoms with van der Waals surface area (Å²) in [6, 6.07) is 12.4. The van der Waals surface area contributed by atoms with E-state index in [0.29, 0.717) is 22.3 Å². The molecule has 1 N–H and O–H groups in total. The first kappa shape index (κ1) is 16.1. The van der Waals surface area contributed by atoms with Crippen LogP contribution in [0.3, 0.4) is 0 Å². The maximum absolute atomic E-state index is 12.1. The fraction of sp³-hybridized carbons (Fsp3) is 0.176. The highest BCUT2D eigenvalue weighted by atomic mass is 35.5. The summed E-state index contributed by atoms with van der Waals surface area (Å²) in [7, 11) is 1.54. The van der Waals surface area contributed by atoms with Crippen LogP contribution in [0, 0.1) is 0 Å². The molecule has 2 aromatic carbocycles. The van der Waals surface area contributed by atoms with Crippen molar-refractivity contribution in [3.8, 4) is 17.2 Å². The first-order chi connectivity index (χ1) is 11.7. The molecule has 0 saturated carbocycles. The van der Waals surface area contributed by atoms with Crippen molar-refractivity contribution in [3.05, 3.63) is 53.1 Å². The first-order valence-electron chi connectivity index (χ1n) is 7.22. The molecule has 1 atom stereocenters. The molecule has 1 aliphatic heterocycles. The van der Waals surface area contributed by atoms with Crippen molar-refractivity contribution in [2.45, 2.75) is 6.10 Å². The third-order valence-corrected chi connectivity index (χ3v) is 3.66. The topological polar surface area (TPSA) is 69.2 Å². The zero-order chi connectivity index (χ0) is 16.9. The van der Waals surface area contributed by atoms with Crippen LogP contribution < -0.4 is 19.6 Å². The summed E-state index contributed by atoms with van der Waals surface area (Å²) in [5, 5.41) is 4.38. The second-order valence-electron chi connectivity index (χ2n) is 4.99. The third kappa shape index (κ3) is 3.60. The van der Waals surface area contributed by atoms with Gasteiger partial charge in [-0.3, -0.25) is 4.79 Å². The van der Waals surface area contributed by atoms with Crippen LogP contribution in [0.1, 0.15) is 5.56 Å². The molecule has 0 spiro atoms. The summed E-state index contributed by atoms with van der Waals surface area (Å²) in [4.78, 5) is 12.1. The van der Waals surface area contributed by atoms with Gasteiger partial charge in [-0.05, 0) is 35.9 Å². The van der Waals surface area contributed by atoms with E-state index in [2.05, 4.69) is 10.5 Å². The largest absolute Gasteiger partial charge is 0.495 e. The second kappa shape index (κ2) is 7.23. The summed E-state index contributed by atoms with van der Waals surface area (Å²) in [6.07, 6.45) is 0.734. The third-order valence-electron chi connectivity index (χ3n) is 3.37. The molecule has 7 heteroatoms. The van der Waals surface area contributed by atoms with Crippen LogP contribution in [0.25, 0.3) is 0 Å². The van der Waals surface area contributed by atoms with Gasteiger partial charge in [0.1, 0.15) is 12.4 Å². The molecule has 2 aromatic rings. The number of carbonyl (C=O) groups excluding carboxylic acids is 1. The molecule has 0 saturated heterocycles. The lowest BCUT2D eigenvalue weighted by molar-refractivity contribution is -0.130. The summed E-state index contributed by atoms with van der Waals surface area (Å²) in [5.41, 5.74) is 3.16. The minimum atomic E-state index is -0.753. The molecule has 1 heterocycles. The number of amides is 1. The van der Waals surface area contributed by atoms with Gasteiger partial charge in [0.2, 0.25) is 6.10 Å². The minimum absolute atomic E-state index is 0.132. The minimum Gasteiger partial charge on any atom is -0.495 e. The average Bonchev–Trinajstić information content (AvgIpc) is 2.61. The number of methoxy groups -OCH3 is 1. The van der Waals surface area contributed by atoms with Gasteiger partial charge in [0, 0.05) is 0 Å². The number of nitrogens with zero attached hydrogens (tertiary/aromatic N) is 1. The Morgan fingerprint density at radius 1 is 1.33 bits per heavy atom. The normalized spacial score (nSPS) is 16.0. The van der Waals surface area contributed by atoms with E-state index in [1.165, 1.54) is 6.21 Å². The second-order valence-corrected chi connectivity index (χ2v) is 5.40. The summed E-state index contributed by atoms with van der Waals surface area (Å²) in [5.74, 6) is 1.34. The van der Waals surface area contributed by atoms with Crippen molar-refractivity contribution in [2.75, 3.05) is 13.7 Å². The van der Waals surface area contributed by atoms with Crippen molar-refractivity contribution in [2.24, 2.45) is 5.10 Å². The lowest BCUT2D eigenvalue weighted by Gasteiger charge is -2.24. The van der Waals surface area contributed by atoms with Crippen molar-refractivity contribution in [1.29, 1.82) is 0 Å². The highest BCUT2D eigenvalue weighted by molar-refractivity contribution is 6.32. The number of hydrogen-bond acceptors (Lipinski definition) is 5. The SMILES string of the molecule is COc1ccc(/C=N\NC(=O)[C@H]2COc3ccccc3O2)cc1Cl. The van der Waals surface area contributed by atoms with E-state index in [1.807, 2.05) is 12.1 Å². The number of hydrazone groups is 1. The molecule has 0 bridgehead atoms. The molecule has 24 heavy (non-hydrogen) atoms. The predicted octanol–water partition coefficient (Wildman–Crippen LogP) is 2.64. The number of fused-ring (bicyclic) bond motifs is 1. The summed E-state index contributed by atoms with van der Waals surface area (Å²) < 4.78 is 16.2. The molecule has 0 unspecified atom stereocenters. The van der Waals surface area contributed by atoms with Gasteiger partial charge in [0.05, 0.1) is 18.3 Å². The van der Waals surface area contributed by atoms with E-state index in [0.717, 1.165) is 5.56 Å². The van der Waals surface area contributed by atoms with Crippen LogP contribution in [0.5, 0.6) is 17.2 Å². The van der Waals surface area contributed by atoms with Gasteiger partial charge in [-0.25, -0.2) is 5.43 Å². The Bertz CT molecular complexity index is 779. The number of carbonyl (C=O) groups is 1. The van der Waals surface area contributed by atoms with E-state index in [4.69, 9.17) is 25.8 Å². The van der Waals surface area contributed by atoms with Gasteiger partial charge < -0.3 is 14.2 Å². The zero-order valence-electron chi connectivity index (χ0n) is 12.9. The Hall–Kier alpha value is -2.73. The lowest BCUT2D eigenvalue weighted by atomic mass is 10.2. The van der Waals surface area contributed by atoms with Gasteiger partial charge >= 0.3 is 0 Å². The van der Waals surface area contributed by atoms with Crippen molar-refractivity contribution in [1.82, 2.24) is 5.43 Å². The van der Waals surface area contributed by atoms with Gasteiger partial charge in [0.15, 0.2) is 11.5 Å². The lowest BCUT2D eigenvalue weighted by Crippen LogP contribution is -2.42. The molecular formula is C17H15ClN2O4. The van der Waals surface area contributed by atoms with Crippen LogP contribution >= 0.6 is 11.6 Å². The van der Waals surface area contributed by atoms with Gasteiger partial charge in [-0.2, -0.15) is 5.10 Å². The Kier molecular flexibility index (Phi) is 4.86. The predicted molar refractivity (Wildman–Crippen MR) is 90.1 cm³/mol.